The monoisotopic (exact) mass is 212 g/mol. The minimum absolute atomic E-state index is 0.0780. The quantitative estimate of drug-likeness (QED) is 0.748. The zero-order chi connectivity index (χ0) is 11.0. The van der Waals surface area contributed by atoms with Crippen LogP contribution >= 0.6 is 0 Å². The molecule has 0 saturated heterocycles. The molecule has 0 atom stereocenters. The van der Waals surface area contributed by atoms with Gasteiger partial charge >= 0.3 is 0 Å². The zero-order valence-corrected chi connectivity index (χ0v) is 8.81. The van der Waals surface area contributed by atoms with Crippen LogP contribution in [0.1, 0.15) is 18.4 Å². The lowest BCUT2D eigenvalue weighted by atomic mass is 10.2. The Labute approximate surface area is 93.9 Å². The van der Waals surface area contributed by atoms with Crippen molar-refractivity contribution in [3.05, 3.63) is 41.6 Å². The number of rotatable bonds is 2. The van der Waals surface area contributed by atoms with E-state index in [1.54, 1.807) is 0 Å². The van der Waals surface area contributed by atoms with E-state index in [1.807, 2.05) is 36.4 Å². The summed E-state index contributed by atoms with van der Waals surface area (Å²) in [5, 5.41) is 2.83. The Balaban J connectivity index is 1.89. The number of hydrogen-bond acceptors (Lipinski definition) is 2. The lowest BCUT2D eigenvalue weighted by Gasteiger charge is -1.93. The molecule has 0 bridgehead atoms. The van der Waals surface area contributed by atoms with E-state index in [9.17, 15) is 4.79 Å². The van der Waals surface area contributed by atoms with Crippen LogP contribution < -0.4 is 5.32 Å². The maximum absolute atomic E-state index is 11.6. The number of amides is 1. The van der Waals surface area contributed by atoms with E-state index < -0.39 is 0 Å². The minimum atomic E-state index is -0.0780. The molecule has 1 aromatic carbocycles. The number of hydrogen-bond donors (Lipinski definition) is 1. The maximum atomic E-state index is 11.6. The molecule has 1 N–H and O–H groups in total. The number of amidine groups is 1. The van der Waals surface area contributed by atoms with Crippen molar-refractivity contribution >= 4 is 17.8 Å². The Morgan fingerprint density at radius 2 is 2.00 bits per heavy atom. The standard InChI is InChI=1S/C13H12N2O/c16-13-11(8-9-4-2-1-3-5-9)14-12(15-13)10-6-7-10/h1-5,8,10H,6-7H2,(H,14,15,16)/b11-8+. The third-order valence-electron chi connectivity index (χ3n) is 2.78. The molecule has 1 heterocycles. The van der Waals surface area contributed by atoms with Gasteiger partial charge in [-0.2, -0.15) is 0 Å². The average molecular weight is 212 g/mol. The fourth-order valence-electron chi connectivity index (χ4n) is 1.74. The van der Waals surface area contributed by atoms with E-state index in [0.717, 1.165) is 24.2 Å². The van der Waals surface area contributed by atoms with Crippen molar-refractivity contribution in [1.82, 2.24) is 5.32 Å². The zero-order valence-electron chi connectivity index (χ0n) is 8.81. The predicted molar refractivity (Wildman–Crippen MR) is 62.7 cm³/mol. The van der Waals surface area contributed by atoms with Crippen molar-refractivity contribution in [2.75, 3.05) is 0 Å². The molecule has 80 valence electrons. The maximum Gasteiger partial charge on any atom is 0.275 e. The third kappa shape index (κ3) is 1.76. The second-order valence-electron chi connectivity index (χ2n) is 4.17. The second kappa shape index (κ2) is 3.59. The van der Waals surface area contributed by atoms with Crippen molar-refractivity contribution in [2.24, 2.45) is 10.9 Å². The number of nitrogens with zero attached hydrogens (tertiary/aromatic N) is 1. The number of carbonyl (C=O) groups is 1. The first-order chi connectivity index (χ1) is 7.83. The van der Waals surface area contributed by atoms with Crippen LogP contribution in [-0.2, 0) is 4.79 Å². The van der Waals surface area contributed by atoms with E-state index in [1.165, 1.54) is 0 Å². The normalized spacial score (nSPS) is 22.1. The van der Waals surface area contributed by atoms with Crippen LogP contribution in [-0.4, -0.2) is 11.7 Å². The van der Waals surface area contributed by atoms with E-state index in [2.05, 4.69) is 10.3 Å². The number of aliphatic imine (C=N–C) groups is 1. The van der Waals surface area contributed by atoms with Gasteiger partial charge in [-0.3, -0.25) is 4.79 Å². The molecular formula is C13H12N2O. The minimum Gasteiger partial charge on any atom is -0.308 e. The van der Waals surface area contributed by atoms with Crippen LogP contribution in [0.15, 0.2) is 41.0 Å². The lowest BCUT2D eigenvalue weighted by molar-refractivity contribution is -0.115. The Morgan fingerprint density at radius 3 is 2.69 bits per heavy atom. The molecule has 1 aliphatic heterocycles. The Kier molecular flexibility index (Phi) is 2.10. The van der Waals surface area contributed by atoms with Gasteiger partial charge in [0.15, 0.2) is 0 Å². The molecule has 3 nitrogen and oxygen atoms in total. The van der Waals surface area contributed by atoms with Crippen LogP contribution in [0.4, 0.5) is 0 Å². The van der Waals surface area contributed by atoms with Crippen LogP contribution in [0.3, 0.4) is 0 Å². The predicted octanol–water partition coefficient (Wildman–Crippen LogP) is 1.97. The van der Waals surface area contributed by atoms with E-state index in [0.29, 0.717) is 11.6 Å². The Morgan fingerprint density at radius 1 is 1.25 bits per heavy atom. The summed E-state index contributed by atoms with van der Waals surface area (Å²) in [5.74, 6) is 1.27. The number of carbonyl (C=O) groups excluding carboxylic acids is 1. The summed E-state index contributed by atoms with van der Waals surface area (Å²) in [6.07, 6.45) is 4.13. The first kappa shape index (κ1) is 9.33. The summed E-state index contributed by atoms with van der Waals surface area (Å²) in [7, 11) is 0. The largest absolute Gasteiger partial charge is 0.308 e. The van der Waals surface area contributed by atoms with Gasteiger partial charge in [0, 0.05) is 5.92 Å². The highest BCUT2D eigenvalue weighted by atomic mass is 16.2. The van der Waals surface area contributed by atoms with Gasteiger partial charge in [-0.05, 0) is 24.5 Å². The third-order valence-corrected chi connectivity index (χ3v) is 2.78. The van der Waals surface area contributed by atoms with Gasteiger partial charge in [0.25, 0.3) is 5.91 Å². The highest BCUT2D eigenvalue weighted by Gasteiger charge is 2.33. The summed E-state index contributed by atoms with van der Waals surface area (Å²) in [5.41, 5.74) is 1.53. The van der Waals surface area contributed by atoms with Crippen molar-refractivity contribution in [3.63, 3.8) is 0 Å². The fourth-order valence-corrected chi connectivity index (χ4v) is 1.74. The fraction of sp³-hybridized carbons (Fsp3) is 0.231. The summed E-state index contributed by atoms with van der Waals surface area (Å²) in [4.78, 5) is 16.0. The molecule has 1 saturated carbocycles. The highest BCUT2D eigenvalue weighted by molar-refractivity contribution is 6.15. The molecule has 1 amide bonds. The number of nitrogens with one attached hydrogen (secondary N) is 1. The van der Waals surface area contributed by atoms with E-state index in [4.69, 9.17) is 0 Å². The van der Waals surface area contributed by atoms with Crippen molar-refractivity contribution in [2.45, 2.75) is 12.8 Å². The van der Waals surface area contributed by atoms with Crippen LogP contribution in [0.5, 0.6) is 0 Å². The van der Waals surface area contributed by atoms with Gasteiger partial charge in [0.2, 0.25) is 0 Å². The second-order valence-corrected chi connectivity index (χ2v) is 4.17. The Hall–Kier alpha value is -1.90. The highest BCUT2D eigenvalue weighted by Crippen LogP contribution is 2.32. The van der Waals surface area contributed by atoms with Gasteiger partial charge in [-0.25, -0.2) is 4.99 Å². The molecule has 3 heteroatoms. The molecule has 16 heavy (non-hydrogen) atoms. The van der Waals surface area contributed by atoms with E-state index in [-0.39, 0.29) is 5.91 Å². The molecule has 0 unspecified atom stereocenters. The summed E-state index contributed by atoms with van der Waals surface area (Å²) in [6, 6.07) is 9.78. The molecular weight excluding hydrogens is 200 g/mol. The molecule has 3 rings (SSSR count). The summed E-state index contributed by atoms with van der Waals surface area (Å²) >= 11 is 0. The first-order valence-corrected chi connectivity index (χ1v) is 5.49. The van der Waals surface area contributed by atoms with Crippen molar-refractivity contribution in [3.8, 4) is 0 Å². The molecule has 0 spiro atoms. The smallest absolute Gasteiger partial charge is 0.275 e. The van der Waals surface area contributed by atoms with Gasteiger partial charge in [0.1, 0.15) is 11.5 Å². The van der Waals surface area contributed by atoms with Crippen LogP contribution in [0.2, 0.25) is 0 Å². The molecule has 2 aliphatic rings. The van der Waals surface area contributed by atoms with E-state index >= 15 is 0 Å². The Bertz CT molecular complexity index is 484. The first-order valence-electron chi connectivity index (χ1n) is 5.49. The molecule has 1 fully saturated rings. The molecule has 0 radical (unpaired) electrons. The van der Waals surface area contributed by atoms with Crippen LogP contribution in [0, 0.1) is 5.92 Å². The average Bonchev–Trinajstić information content (AvgIpc) is 3.07. The van der Waals surface area contributed by atoms with Gasteiger partial charge in [-0.1, -0.05) is 30.3 Å². The van der Waals surface area contributed by atoms with Gasteiger partial charge < -0.3 is 5.32 Å². The number of benzene rings is 1. The van der Waals surface area contributed by atoms with Crippen LogP contribution in [0.25, 0.3) is 6.08 Å². The SMILES string of the molecule is O=C1NC(C2CC2)=N/C1=C/c1ccccc1. The summed E-state index contributed by atoms with van der Waals surface area (Å²) < 4.78 is 0. The van der Waals surface area contributed by atoms with Crippen molar-refractivity contribution in [1.29, 1.82) is 0 Å². The molecule has 1 aliphatic carbocycles. The lowest BCUT2D eigenvalue weighted by Crippen LogP contribution is -2.25. The van der Waals surface area contributed by atoms with Gasteiger partial charge in [0.05, 0.1) is 0 Å². The topological polar surface area (TPSA) is 41.5 Å². The summed E-state index contributed by atoms with van der Waals surface area (Å²) in [6.45, 7) is 0. The van der Waals surface area contributed by atoms with Gasteiger partial charge in [-0.15, -0.1) is 0 Å². The van der Waals surface area contributed by atoms with Crippen molar-refractivity contribution < 1.29 is 4.79 Å². The molecule has 0 aromatic heterocycles. The molecule has 1 aromatic rings.